The molecule has 3 amide bonds. The summed E-state index contributed by atoms with van der Waals surface area (Å²) in [6.45, 7) is 3.76. The first kappa shape index (κ1) is 28.7. The van der Waals surface area contributed by atoms with Gasteiger partial charge in [0, 0.05) is 11.8 Å². The van der Waals surface area contributed by atoms with Crippen LogP contribution in [0, 0.1) is 24.0 Å². The van der Waals surface area contributed by atoms with Crippen LogP contribution in [0.3, 0.4) is 0 Å². The van der Waals surface area contributed by atoms with E-state index in [0.29, 0.717) is 11.4 Å². The number of carbonyl (C=O) groups is 3. The van der Waals surface area contributed by atoms with Gasteiger partial charge < -0.3 is 5.32 Å². The maximum atomic E-state index is 13.4. The minimum atomic E-state index is -0.697. The maximum absolute atomic E-state index is 13.4. The molecule has 1 fully saturated rings. The van der Waals surface area contributed by atoms with E-state index in [2.05, 4.69) is 10.6 Å². The molecule has 0 bridgehead atoms. The van der Waals surface area contributed by atoms with Gasteiger partial charge >= 0.3 is 0 Å². The number of hydrogen-bond donors (Lipinski definition) is 2. The number of nitro groups is 1. The van der Waals surface area contributed by atoms with Gasteiger partial charge in [-0.25, -0.2) is 0 Å². The van der Waals surface area contributed by atoms with E-state index in [-0.39, 0.29) is 38.5 Å². The Bertz CT molecular complexity index is 1840. The Hall–Kier alpha value is -4.87. The minimum Gasteiger partial charge on any atom is -0.325 e. The first-order valence-electron chi connectivity index (χ1n) is 12.8. The van der Waals surface area contributed by atoms with Crippen LogP contribution in [0.1, 0.15) is 16.7 Å². The Morgan fingerprint density at radius 1 is 1.02 bits per heavy atom. The Balaban J connectivity index is 1.34. The molecule has 0 atom stereocenters. The molecule has 1 aliphatic heterocycles. The van der Waals surface area contributed by atoms with E-state index in [0.717, 1.165) is 33.7 Å². The number of thiocarbonyl (C=S) groups is 1. The lowest BCUT2D eigenvalue weighted by atomic mass is 10.0. The van der Waals surface area contributed by atoms with Crippen LogP contribution in [0.4, 0.5) is 17.1 Å². The van der Waals surface area contributed by atoms with Crippen molar-refractivity contribution in [1.82, 2.24) is 5.32 Å². The summed E-state index contributed by atoms with van der Waals surface area (Å²) in [5.74, 6) is -1.71. The van der Waals surface area contributed by atoms with Crippen molar-refractivity contribution in [2.24, 2.45) is 0 Å². The number of benzene rings is 4. The number of nitrogens with zero attached hydrogens (tertiary/aromatic N) is 2. The molecule has 0 spiro atoms. The van der Waals surface area contributed by atoms with Crippen LogP contribution in [0.25, 0.3) is 16.8 Å². The van der Waals surface area contributed by atoms with Gasteiger partial charge in [0.1, 0.15) is 5.57 Å². The second-order valence-electron chi connectivity index (χ2n) is 9.63. The Morgan fingerprint density at radius 2 is 1.79 bits per heavy atom. The predicted molar refractivity (Wildman–Crippen MR) is 169 cm³/mol. The van der Waals surface area contributed by atoms with E-state index < -0.39 is 16.7 Å². The normalized spacial score (nSPS) is 14.3. The van der Waals surface area contributed by atoms with Crippen molar-refractivity contribution in [1.29, 1.82) is 0 Å². The molecule has 0 unspecified atom stereocenters. The summed E-state index contributed by atoms with van der Waals surface area (Å²) in [6.07, 6.45) is 1.30. The Kier molecular flexibility index (Phi) is 8.14. The van der Waals surface area contributed by atoms with Crippen LogP contribution in [0.5, 0.6) is 0 Å². The highest BCUT2D eigenvalue weighted by molar-refractivity contribution is 8.00. The molecule has 2 N–H and O–H groups in total. The van der Waals surface area contributed by atoms with Crippen molar-refractivity contribution in [3.05, 3.63) is 111 Å². The van der Waals surface area contributed by atoms with Crippen LogP contribution in [-0.2, 0) is 14.4 Å². The monoisotopic (exact) mass is 596 g/mol. The van der Waals surface area contributed by atoms with Crippen LogP contribution in [0.15, 0.2) is 89.3 Å². The lowest BCUT2D eigenvalue weighted by molar-refractivity contribution is -0.387. The lowest BCUT2D eigenvalue weighted by Crippen LogP contribution is -2.54. The van der Waals surface area contributed by atoms with Gasteiger partial charge in [0.25, 0.3) is 17.5 Å². The number of amides is 3. The summed E-state index contributed by atoms with van der Waals surface area (Å²) in [7, 11) is 0. The van der Waals surface area contributed by atoms with Crippen molar-refractivity contribution >= 4 is 80.7 Å². The third-order valence-corrected chi connectivity index (χ3v) is 7.92. The standard InChI is InChI=1S/C31H24N4O5S2/c1-18-7-11-25(19(2)13-18)34-30(38)24(29(37)33-31(34)41)14-20-8-12-27(26(15-20)35(39)40)42-17-28(36)32-23-10-9-21-5-3-4-6-22(21)16-23/h3-16H,17H2,1-2H3,(H,32,36)(H,33,37,41)/b24-14+. The fraction of sp³-hybridized carbons (Fsp3) is 0.0968. The molecule has 0 aliphatic carbocycles. The number of anilines is 2. The molecule has 0 aromatic heterocycles. The smallest absolute Gasteiger partial charge is 0.283 e. The third kappa shape index (κ3) is 6.07. The highest BCUT2D eigenvalue weighted by Gasteiger charge is 2.35. The molecule has 210 valence electrons. The molecule has 42 heavy (non-hydrogen) atoms. The van der Waals surface area contributed by atoms with Crippen molar-refractivity contribution in [3.8, 4) is 0 Å². The van der Waals surface area contributed by atoms with Gasteiger partial charge in [-0.05, 0) is 78.3 Å². The van der Waals surface area contributed by atoms with Gasteiger partial charge in [0.15, 0.2) is 5.11 Å². The zero-order valence-electron chi connectivity index (χ0n) is 22.5. The van der Waals surface area contributed by atoms with Gasteiger partial charge in [-0.15, -0.1) is 11.8 Å². The first-order chi connectivity index (χ1) is 20.1. The van der Waals surface area contributed by atoms with Crippen LogP contribution in [-0.4, -0.2) is 33.5 Å². The van der Waals surface area contributed by atoms with Gasteiger partial charge in [-0.3, -0.25) is 34.7 Å². The second-order valence-corrected chi connectivity index (χ2v) is 11.0. The molecule has 11 heteroatoms. The molecule has 9 nitrogen and oxygen atoms in total. The van der Waals surface area contributed by atoms with Crippen LogP contribution in [0.2, 0.25) is 0 Å². The molecule has 0 saturated carbocycles. The quantitative estimate of drug-likeness (QED) is 0.0678. The van der Waals surface area contributed by atoms with E-state index in [1.165, 1.54) is 23.1 Å². The van der Waals surface area contributed by atoms with E-state index >= 15 is 0 Å². The number of nitrogens with one attached hydrogen (secondary N) is 2. The van der Waals surface area contributed by atoms with Gasteiger partial charge in [0.05, 0.1) is 21.3 Å². The molecule has 0 radical (unpaired) electrons. The Morgan fingerprint density at radius 3 is 2.52 bits per heavy atom. The molecule has 4 aromatic rings. The van der Waals surface area contributed by atoms with E-state index in [9.17, 15) is 24.5 Å². The predicted octanol–water partition coefficient (Wildman–Crippen LogP) is 5.93. The van der Waals surface area contributed by atoms with E-state index in [1.54, 1.807) is 18.2 Å². The summed E-state index contributed by atoms with van der Waals surface area (Å²) in [6, 6.07) is 23.1. The minimum absolute atomic E-state index is 0.0474. The van der Waals surface area contributed by atoms with Crippen molar-refractivity contribution in [2.45, 2.75) is 18.7 Å². The SMILES string of the molecule is Cc1ccc(N2C(=O)/C(=C/c3ccc(SCC(=O)Nc4ccc5ccccc5c4)c([N+](=O)[O-])c3)C(=O)NC2=S)c(C)c1. The lowest BCUT2D eigenvalue weighted by Gasteiger charge is -2.30. The average molecular weight is 597 g/mol. The van der Waals surface area contributed by atoms with E-state index in [4.69, 9.17) is 12.2 Å². The van der Waals surface area contributed by atoms with Gasteiger partial charge in [0.2, 0.25) is 5.91 Å². The van der Waals surface area contributed by atoms with Crippen molar-refractivity contribution in [3.63, 3.8) is 0 Å². The summed E-state index contributed by atoms with van der Waals surface area (Å²) in [5, 5.41) is 19.2. The molecule has 1 aliphatic rings. The number of aryl methyl sites for hydroxylation is 2. The topological polar surface area (TPSA) is 122 Å². The van der Waals surface area contributed by atoms with Crippen molar-refractivity contribution < 1.29 is 19.3 Å². The fourth-order valence-electron chi connectivity index (χ4n) is 4.60. The largest absolute Gasteiger partial charge is 0.325 e. The first-order valence-corrected chi connectivity index (χ1v) is 14.2. The van der Waals surface area contributed by atoms with E-state index in [1.807, 2.05) is 62.4 Å². The highest BCUT2D eigenvalue weighted by atomic mass is 32.2. The fourth-order valence-corrected chi connectivity index (χ4v) is 5.67. The molecule has 1 saturated heterocycles. The molecular weight excluding hydrogens is 572 g/mol. The third-order valence-electron chi connectivity index (χ3n) is 6.58. The number of thioether (sulfide) groups is 1. The van der Waals surface area contributed by atoms with Crippen molar-refractivity contribution in [2.75, 3.05) is 16.0 Å². The zero-order chi connectivity index (χ0) is 30.0. The van der Waals surface area contributed by atoms with Crippen LogP contribution < -0.4 is 15.5 Å². The number of hydrogen-bond acceptors (Lipinski definition) is 7. The molecule has 1 heterocycles. The average Bonchev–Trinajstić information content (AvgIpc) is 2.95. The number of fused-ring (bicyclic) bond motifs is 1. The zero-order valence-corrected chi connectivity index (χ0v) is 24.2. The second kappa shape index (κ2) is 11.9. The summed E-state index contributed by atoms with van der Waals surface area (Å²) in [5.41, 5.74) is 2.76. The molecule has 4 aromatic carbocycles. The molecule has 5 rings (SSSR count). The molecular formula is C31H24N4O5S2. The highest BCUT2D eigenvalue weighted by Crippen LogP contribution is 2.32. The van der Waals surface area contributed by atoms with Crippen LogP contribution >= 0.6 is 24.0 Å². The number of nitro benzene ring substituents is 1. The summed E-state index contributed by atoms with van der Waals surface area (Å²) >= 11 is 6.30. The number of carbonyl (C=O) groups excluding carboxylic acids is 3. The maximum Gasteiger partial charge on any atom is 0.283 e. The van der Waals surface area contributed by atoms with Gasteiger partial charge in [-0.1, -0.05) is 54.1 Å². The number of rotatable bonds is 7. The summed E-state index contributed by atoms with van der Waals surface area (Å²) < 4.78 is 0. The van der Waals surface area contributed by atoms with Gasteiger partial charge in [-0.2, -0.15) is 0 Å². The Labute approximate surface area is 250 Å². The summed E-state index contributed by atoms with van der Waals surface area (Å²) in [4.78, 5) is 51.6.